The van der Waals surface area contributed by atoms with E-state index in [0.717, 1.165) is 30.5 Å². The van der Waals surface area contributed by atoms with Gasteiger partial charge in [-0.05, 0) is 50.2 Å². The minimum absolute atomic E-state index is 0.0549. The second kappa shape index (κ2) is 7.22. The molecule has 1 amide bonds. The summed E-state index contributed by atoms with van der Waals surface area (Å²) in [6.07, 6.45) is 9.30. The Labute approximate surface area is 154 Å². The van der Waals surface area contributed by atoms with Gasteiger partial charge in [-0.3, -0.25) is 14.2 Å². The third-order valence-corrected chi connectivity index (χ3v) is 6.19. The Morgan fingerprint density at radius 1 is 1.19 bits per heavy atom. The monoisotopic (exact) mass is 353 g/mol. The van der Waals surface area contributed by atoms with Gasteiger partial charge < -0.3 is 4.90 Å². The maximum absolute atomic E-state index is 12.8. The lowest BCUT2D eigenvalue weighted by atomic mass is 9.78. The molecule has 26 heavy (non-hydrogen) atoms. The van der Waals surface area contributed by atoms with Gasteiger partial charge in [0.05, 0.1) is 17.2 Å². The molecule has 1 aliphatic heterocycles. The summed E-state index contributed by atoms with van der Waals surface area (Å²) in [5.74, 6) is 0.882. The minimum atomic E-state index is -0.0549. The predicted molar refractivity (Wildman–Crippen MR) is 102 cm³/mol. The Balaban J connectivity index is 1.48. The van der Waals surface area contributed by atoms with Crippen molar-refractivity contribution in [2.75, 3.05) is 6.54 Å². The number of benzene rings is 1. The number of likely N-dealkylation sites (tertiary alicyclic amines) is 1. The molecule has 1 aromatic carbocycles. The van der Waals surface area contributed by atoms with Crippen LogP contribution in [0.1, 0.15) is 50.5 Å². The maximum atomic E-state index is 12.8. The zero-order valence-electron chi connectivity index (χ0n) is 15.5. The summed E-state index contributed by atoms with van der Waals surface area (Å²) in [4.78, 5) is 32.1. The third kappa shape index (κ3) is 3.15. The highest BCUT2D eigenvalue weighted by Gasteiger charge is 2.35. The first-order chi connectivity index (χ1) is 12.6. The van der Waals surface area contributed by atoms with E-state index in [0.29, 0.717) is 30.3 Å². The van der Waals surface area contributed by atoms with Gasteiger partial charge in [0, 0.05) is 25.6 Å². The van der Waals surface area contributed by atoms with Crippen molar-refractivity contribution in [1.29, 1.82) is 0 Å². The molecule has 1 aromatic heterocycles. The van der Waals surface area contributed by atoms with Crippen LogP contribution in [0.25, 0.3) is 10.9 Å². The van der Waals surface area contributed by atoms with Gasteiger partial charge in [0.2, 0.25) is 5.91 Å². The predicted octanol–water partition coefficient (Wildman–Crippen LogP) is 3.28. The minimum Gasteiger partial charge on any atom is -0.339 e. The standard InChI is InChI=1S/C21H27N3O2/c1-15-6-4-9-17-20(15)22-14-23(21(17)26)13-11-19(25)24-12-5-8-16-7-2-3-10-18(16)24/h4,6,9,14,16,18H,2-3,5,7-8,10-13H2,1H3/t16-,18+/m0/s1. The first-order valence-electron chi connectivity index (χ1n) is 9.89. The second-order valence-corrected chi connectivity index (χ2v) is 7.81. The summed E-state index contributed by atoms with van der Waals surface area (Å²) in [7, 11) is 0. The molecular weight excluding hydrogens is 326 g/mol. The van der Waals surface area contributed by atoms with Crippen molar-refractivity contribution in [3.05, 3.63) is 40.4 Å². The molecular formula is C21H27N3O2. The molecule has 4 rings (SSSR count). The number of aromatic nitrogens is 2. The molecule has 2 atom stereocenters. The number of hydrogen-bond acceptors (Lipinski definition) is 3. The van der Waals surface area contributed by atoms with Crippen LogP contribution in [0, 0.1) is 12.8 Å². The smallest absolute Gasteiger partial charge is 0.261 e. The van der Waals surface area contributed by atoms with Crippen LogP contribution in [0.4, 0.5) is 0 Å². The Hall–Kier alpha value is -2.17. The topological polar surface area (TPSA) is 55.2 Å². The molecule has 0 spiro atoms. The Kier molecular flexibility index (Phi) is 4.79. The van der Waals surface area contributed by atoms with Gasteiger partial charge in [-0.15, -0.1) is 0 Å². The summed E-state index contributed by atoms with van der Waals surface area (Å²) in [6, 6.07) is 6.08. The highest BCUT2D eigenvalue weighted by molar-refractivity contribution is 5.80. The summed E-state index contributed by atoms with van der Waals surface area (Å²) in [6.45, 7) is 3.24. The van der Waals surface area contributed by atoms with Crippen molar-refractivity contribution in [1.82, 2.24) is 14.5 Å². The molecule has 5 nitrogen and oxygen atoms in total. The van der Waals surface area contributed by atoms with Gasteiger partial charge >= 0.3 is 0 Å². The van der Waals surface area contributed by atoms with E-state index in [-0.39, 0.29) is 11.5 Å². The van der Waals surface area contributed by atoms with E-state index < -0.39 is 0 Å². The number of rotatable bonds is 3. The van der Waals surface area contributed by atoms with Gasteiger partial charge in [-0.25, -0.2) is 4.98 Å². The van der Waals surface area contributed by atoms with Crippen molar-refractivity contribution in [3.8, 4) is 0 Å². The van der Waals surface area contributed by atoms with Crippen molar-refractivity contribution in [2.24, 2.45) is 5.92 Å². The number of carbonyl (C=O) groups is 1. The fourth-order valence-electron chi connectivity index (χ4n) is 4.79. The zero-order valence-corrected chi connectivity index (χ0v) is 15.5. The molecule has 1 saturated carbocycles. The van der Waals surface area contributed by atoms with Crippen LogP contribution in [-0.4, -0.2) is 32.9 Å². The largest absolute Gasteiger partial charge is 0.339 e. The molecule has 138 valence electrons. The molecule has 1 saturated heterocycles. The van der Waals surface area contributed by atoms with Gasteiger partial charge in [-0.1, -0.05) is 25.0 Å². The molecule has 0 N–H and O–H groups in total. The number of hydrogen-bond donors (Lipinski definition) is 0. The number of carbonyl (C=O) groups excluding carboxylic acids is 1. The van der Waals surface area contributed by atoms with E-state index in [9.17, 15) is 9.59 Å². The molecule has 2 aliphatic rings. The molecule has 0 bridgehead atoms. The highest BCUT2D eigenvalue weighted by atomic mass is 16.2. The van der Waals surface area contributed by atoms with E-state index in [1.54, 1.807) is 10.9 Å². The summed E-state index contributed by atoms with van der Waals surface area (Å²) in [5.41, 5.74) is 1.70. The number of para-hydroxylation sites is 1. The van der Waals surface area contributed by atoms with Gasteiger partial charge in [0.15, 0.2) is 0 Å². The molecule has 2 fully saturated rings. The molecule has 2 heterocycles. The van der Waals surface area contributed by atoms with Crippen LogP contribution >= 0.6 is 0 Å². The quantitative estimate of drug-likeness (QED) is 0.851. The normalized spacial score (nSPS) is 23.0. The first kappa shape index (κ1) is 17.3. The molecule has 5 heteroatoms. The van der Waals surface area contributed by atoms with Crippen LogP contribution in [0.15, 0.2) is 29.3 Å². The van der Waals surface area contributed by atoms with Crippen molar-refractivity contribution < 1.29 is 4.79 Å². The number of fused-ring (bicyclic) bond motifs is 2. The lowest BCUT2D eigenvalue weighted by Gasteiger charge is -2.44. The summed E-state index contributed by atoms with van der Waals surface area (Å²) in [5, 5.41) is 0.630. The second-order valence-electron chi connectivity index (χ2n) is 7.81. The van der Waals surface area contributed by atoms with E-state index >= 15 is 0 Å². The number of amides is 1. The summed E-state index contributed by atoms with van der Waals surface area (Å²) < 4.78 is 1.59. The van der Waals surface area contributed by atoms with Crippen LogP contribution < -0.4 is 5.56 Å². The third-order valence-electron chi connectivity index (χ3n) is 6.19. The van der Waals surface area contributed by atoms with E-state index in [2.05, 4.69) is 9.88 Å². The van der Waals surface area contributed by atoms with Crippen molar-refractivity contribution in [3.63, 3.8) is 0 Å². The van der Waals surface area contributed by atoms with Crippen molar-refractivity contribution in [2.45, 2.75) is 64.5 Å². The Morgan fingerprint density at radius 3 is 2.88 bits per heavy atom. The number of piperidine rings is 1. The fourth-order valence-corrected chi connectivity index (χ4v) is 4.79. The average molecular weight is 353 g/mol. The van der Waals surface area contributed by atoms with Gasteiger partial charge in [-0.2, -0.15) is 0 Å². The molecule has 0 unspecified atom stereocenters. The summed E-state index contributed by atoms with van der Waals surface area (Å²) >= 11 is 0. The van der Waals surface area contributed by atoms with Crippen molar-refractivity contribution >= 4 is 16.8 Å². The van der Waals surface area contributed by atoms with Gasteiger partial charge in [0.25, 0.3) is 5.56 Å². The number of aryl methyl sites for hydroxylation is 2. The Bertz CT molecular complexity index is 871. The lowest BCUT2D eigenvalue weighted by molar-refractivity contribution is -0.137. The first-order valence-corrected chi connectivity index (χ1v) is 9.89. The molecule has 1 aliphatic carbocycles. The zero-order chi connectivity index (χ0) is 18.1. The van der Waals surface area contributed by atoms with E-state index in [1.165, 1.54) is 25.7 Å². The van der Waals surface area contributed by atoms with Gasteiger partial charge in [0.1, 0.15) is 0 Å². The van der Waals surface area contributed by atoms with Crippen LogP contribution in [0.2, 0.25) is 0 Å². The number of nitrogens with zero attached hydrogens (tertiary/aromatic N) is 3. The molecule has 0 radical (unpaired) electrons. The average Bonchev–Trinajstić information content (AvgIpc) is 2.67. The maximum Gasteiger partial charge on any atom is 0.261 e. The van der Waals surface area contributed by atoms with Crippen LogP contribution in [0.3, 0.4) is 0 Å². The SMILES string of the molecule is Cc1cccc2c(=O)n(CCC(=O)N3CCC[C@@H]4CCCC[C@H]43)cnc12. The molecule has 2 aromatic rings. The fraction of sp³-hybridized carbons (Fsp3) is 0.571. The van der Waals surface area contributed by atoms with E-state index in [1.807, 2.05) is 25.1 Å². The van der Waals surface area contributed by atoms with Crippen LogP contribution in [0.5, 0.6) is 0 Å². The Morgan fingerprint density at radius 2 is 2.00 bits per heavy atom. The van der Waals surface area contributed by atoms with E-state index in [4.69, 9.17) is 0 Å². The lowest BCUT2D eigenvalue weighted by Crippen LogP contribution is -2.49. The highest BCUT2D eigenvalue weighted by Crippen LogP contribution is 2.35. The van der Waals surface area contributed by atoms with Crippen LogP contribution in [-0.2, 0) is 11.3 Å².